The number of likely N-dealkylation sites (tertiary alicyclic amines) is 1. The molecule has 0 atom stereocenters. The van der Waals surface area contributed by atoms with Crippen LogP contribution >= 0.6 is 15.9 Å². The van der Waals surface area contributed by atoms with Crippen LogP contribution in [0.5, 0.6) is 11.5 Å². The molecule has 1 aliphatic rings. The Kier molecular flexibility index (Phi) is 6.74. The van der Waals surface area contributed by atoms with Crippen LogP contribution in [-0.2, 0) is 11.3 Å². The molecule has 2 aromatic rings. The lowest BCUT2D eigenvalue weighted by atomic mass is 9.95. The van der Waals surface area contributed by atoms with Crippen LogP contribution in [0, 0.1) is 5.92 Å². The molecule has 5 nitrogen and oxygen atoms in total. The van der Waals surface area contributed by atoms with E-state index in [0.717, 1.165) is 36.9 Å². The highest BCUT2D eigenvalue weighted by molar-refractivity contribution is 9.10. The van der Waals surface area contributed by atoms with Gasteiger partial charge in [0.1, 0.15) is 11.5 Å². The minimum Gasteiger partial charge on any atom is -0.497 e. The summed E-state index contributed by atoms with van der Waals surface area (Å²) in [6.07, 6.45) is 1.71. The van der Waals surface area contributed by atoms with Crippen molar-refractivity contribution < 1.29 is 14.3 Å². The Morgan fingerprint density at radius 1 is 1.11 bits per heavy atom. The molecule has 0 bridgehead atoms. The highest BCUT2D eigenvalue weighted by Gasteiger charge is 2.25. The van der Waals surface area contributed by atoms with E-state index in [1.54, 1.807) is 26.4 Å². The molecule has 2 aromatic carbocycles. The fourth-order valence-electron chi connectivity index (χ4n) is 3.35. The third-order valence-electron chi connectivity index (χ3n) is 4.94. The summed E-state index contributed by atoms with van der Waals surface area (Å²) in [6.45, 7) is 2.76. The van der Waals surface area contributed by atoms with E-state index in [0.29, 0.717) is 17.2 Å². The number of amides is 1. The van der Waals surface area contributed by atoms with E-state index in [9.17, 15) is 4.79 Å². The second kappa shape index (κ2) is 9.24. The number of carbonyl (C=O) groups is 1. The average Bonchev–Trinajstić information content (AvgIpc) is 2.70. The molecule has 1 heterocycles. The molecule has 0 unspecified atom stereocenters. The first-order valence-electron chi connectivity index (χ1n) is 9.08. The lowest BCUT2D eigenvalue weighted by Crippen LogP contribution is -2.37. The normalized spacial score (nSPS) is 15.4. The smallest absolute Gasteiger partial charge is 0.227 e. The van der Waals surface area contributed by atoms with Crippen molar-refractivity contribution in [2.75, 3.05) is 32.6 Å². The van der Waals surface area contributed by atoms with E-state index in [-0.39, 0.29) is 11.8 Å². The Morgan fingerprint density at radius 2 is 1.81 bits per heavy atom. The summed E-state index contributed by atoms with van der Waals surface area (Å²) in [7, 11) is 3.20. The minimum absolute atomic E-state index is 0.0158. The molecule has 6 heteroatoms. The van der Waals surface area contributed by atoms with Crippen LogP contribution in [0.2, 0.25) is 0 Å². The number of piperidine rings is 1. The topological polar surface area (TPSA) is 50.8 Å². The Labute approximate surface area is 168 Å². The molecule has 27 heavy (non-hydrogen) atoms. The number of nitrogens with one attached hydrogen (secondary N) is 1. The molecule has 1 N–H and O–H groups in total. The average molecular weight is 433 g/mol. The first kappa shape index (κ1) is 19.7. The second-order valence-electron chi connectivity index (χ2n) is 6.73. The fraction of sp³-hybridized carbons (Fsp3) is 0.381. The van der Waals surface area contributed by atoms with E-state index < -0.39 is 0 Å². The largest absolute Gasteiger partial charge is 0.497 e. The summed E-state index contributed by atoms with van der Waals surface area (Å²) < 4.78 is 11.7. The molecule has 3 rings (SSSR count). The summed E-state index contributed by atoms with van der Waals surface area (Å²) in [6, 6.07) is 13.8. The van der Waals surface area contributed by atoms with Crippen LogP contribution in [0.25, 0.3) is 0 Å². The Morgan fingerprint density at radius 3 is 2.44 bits per heavy atom. The summed E-state index contributed by atoms with van der Waals surface area (Å²) >= 11 is 3.47. The van der Waals surface area contributed by atoms with Gasteiger partial charge in [-0.2, -0.15) is 0 Å². The van der Waals surface area contributed by atoms with Crippen molar-refractivity contribution in [1.82, 2.24) is 4.90 Å². The Hall–Kier alpha value is -2.05. The lowest BCUT2D eigenvalue weighted by molar-refractivity contribution is -0.121. The maximum atomic E-state index is 12.7. The van der Waals surface area contributed by atoms with Crippen molar-refractivity contribution in [1.29, 1.82) is 0 Å². The van der Waals surface area contributed by atoms with E-state index in [1.165, 1.54) is 5.56 Å². The van der Waals surface area contributed by atoms with Crippen LogP contribution < -0.4 is 14.8 Å². The molecule has 0 radical (unpaired) electrons. The van der Waals surface area contributed by atoms with E-state index in [2.05, 4.69) is 50.4 Å². The number of anilines is 1. The SMILES string of the molecule is COc1ccc(OC)c(NC(=O)C2CCN(Cc3ccc(Br)cc3)CC2)c1. The second-order valence-corrected chi connectivity index (χ2v) is 7.65. The standard InChI is InChI=1S/C21H25BrN2O3/c1-26-18-7-8-20(27-2)19(13-18)23-21(25)16-9-11-24(12-10-16)14-15-3-5-17(22)6-4-15/h3-8,13,16H,9-12,14H2,1-2H3,(H,23,25). The van der Waals surface area contributed by atoms with Crippen LogP contribution in [0.15, 0.2) is 46.9 Å². The lowest BCUT2D eigenvalue weighted by Gasteiger charge is -2.31. The van der Waals surface area contributed by atoms with Crippen LogP contribution in [0.3, 0.4) is 0 Å². The van der Waals surface area contributed by atoms with Gasteiger partial charge in [0.25, 0.3) is 0 Å². The molecule has 1 amide bonds. The number of hydrogen-bond donors (Lipinski definition) is 1. The highest BCUT2D eigenvalue weighted by atomic mass is 79.9. The number of nitrogens with zero attached hydrogens (tertiary/aromatic N) is 1. The van der Waals surface area contributed by atoms with Gasteiger partial charge in [-0.15, -0.1) is 0 Å². The fourth-order valence-corrected chi connectivity index (χ4v) is 3.61. The Balaban J connectivity index is 1.55. The molecule has 0 saturated carbocycles. The van der Waals surface area contributed by atoms with Gasteiger partial charge in [0.05, 0.1) is 19.9 Å². The van der Waals surface area contributed by atoms with Gasteiger partial charge < -0.3 is 14.8 Å². The van der Waals surface area contributed by atoms with Gasteiger partial charge in [-0.25, -0.2) is 0 Å². The first-order chi connectivity index (χ1) is 13.1. The number of carbonyl (C=O) groups excluding carboxylic acids is 1. The number of rotatable bonds is 6. The van der Waals surface area contributed by atoms with Crippen molar-refractivity contribution in [3.05, 3.63) is 52.5 Å². The minimum atomic E-state index is 0.0158. The van der Waals surface area contributed by atoms with Gasteiger partial charge >= 0.3 is 0 Å². The van der Waals surface area contributed by atoms with Crippen molar-refractivity contribution >= 4 is 27.5 Å². The van der Waals surface area contributed by atoms with Gasteiger partial charge in [0, 0.05) is 23.0 Å². The molecular formula is C21H25BrN2O3. The first-order valence-corrected chi connectivity index (χ1v) is 9.88. The summed E-state index contributed by atoms with van der Waals surface area (Å²) in [4.78, 5) is 15.1. The van der Waals surface area contributed by atoms with E-state index in [1.807, 2.05) is 6.07 Å². The number of benzene rings is 2. The quantitative estimate of drug-likeness (QED) is 0.738. The number of hydrogen-bond acceptors (Lipinski definition) is 4. The summed E-state index contributed by atoms with van der Waals surface area (Å²) in [5.74, 6) is 1.39. The molecule has 0 aliphatic carbocycles. The van der Waals surface area contributed by atoms with Gasteiger partial charge in [-0.05, 0) is 55.8 Å². The van der Waals surface area contributed by atoms with Crippen LogP contribution in [-0.4, -0.2) is 38.1 Å². The van der Waals surface area contributed by atoms with Gasteiger partial charge in [0.15, 0.2) is 0 Å². The Bertz CT molecular complexity index is 771. The zero-order chi connectivity index (χ0) is 19.2. The molecule has 144 valence electrons. The zero-order valence-corrected chi connectivity index (χ0v) is 17.3. The molecule has 1 fully saturated rings. The molecule has 0 spiro atoms. The number of methoxy groups -OCH3 is 2. The van der Waals surface area contributed by atoms with Gasteiger partial charge in [-0.3, -0.25) is 9.69 Å². The van der Waals surface area contributed by atoms with Crippen molar-refractivity contribution in [2.45, 2.75) is 19.4 Å². The van der Waals surface area contributed by atoms with E-state index >= 15 is 0 Å². The highest BCUT2D eigenvalue weighted by Crippen LogP contribution is 2.30. The number of halogens is 1. The van der Waals surface area contributed by atoms with Crippen molar-refractivity contribution in [2.24, 2.45) is 5.92 Å². The summed E-state index contributed by atoms with van der Waals surface area (Å²) in [5, 5.41) is 3.01. The molecule has 1 saturated heterocycles. The number of ether oxygens (including phenoxy) is 2. The predicted molar refractivity (Wildman–Crippen MR) is 110 cm³/mol. The monoisotopic (exact) mass is 432 g/mol. The maximum Gasteiger partial charge on any atom is 0.227 e. The predicted octanol–water partition coefficient (Wildman–Crippen LogP) is 4.32. The van der Waals surface area contributed by atoms with Crippen molar-refractivity contribution in [3.8, 4) is 11.5 Å². The third-order valence-corrected chi connectivity index (χ3v) is 5.47. The van der Waals surface area contributed by atoms with Crippen molar-refractivity contribution in [3.63, 3.8) is 0 Å². The van der Waals surface area contributed by atoms with Gasteiger partial charge in [-0.1, -0.05) is 28.1 Å². The summed E-state index contributed by atoms with van der Waals surface area (Å²) in [5.41, 5.74) is 1.95. The third kappa shape index (κ3) is 5.23. The zero-order valence-electron chi connectivity index (χ0n) is 15.7. The molecule has 1 aliphatic heterocycles. The van der Waals surface area contributed by atoms with Crippen LogP contribution in [0.4, 0.5) is 5.69 Å². The van der Waals surface area contributed by atoms with Crippen LogP contribution in [0.1, 0.15) is 18.4 Å². The maximum absolute atomic E-state index is 12.7. The molecular weight excluding hydrogens is 408 g/mol. The van der Waals surface area contributed by atoms with Gasteiger partial charge in [0.2, 0.25) is 5.91 Å². The van der Waals surface area contributed by atoms with E-state index in [4.69, 9.17) is 9.47 Å². The molecule has 0 aromatic heterocycles.